The van der Waals surface area contributed by atoms with Gasteiger partial charge in [-0.1, -0.05) is 16.7 Å². The number of aryl methyl sites for hydroxylation is 1. The Morgan fingerprint density at radius 2 is 2.04 bits per heavy atom. The van der Waals surface area contributed by atoms with Gasteiger partial charge in [0.05, 0.1) is 19.1 Å². The van der Waals surface area contributed by atoms with E-state index < -0.39 is 11.3 Å². The Hall–Kier alpha value is -1.51. The molecule has 0 bridgehead atoms. The number of hydrogen-bond acceptors (Lipinski definition) is 7. The van der Waals surface area contributed by atoms with Crippen molar-refractivity contribution in [1.82, 2.24) is 15.2 Å². The first-order valence-corrected chi connectivity index (χ1v) is 8.90. The average molecular weight is 334 g/mol. The van der Waals surface area contributed by atoms with Gasteiger partial charge in [0.1, 0.15) is 5.69 Å². The summed E-state index contributed by atoms with van der Waals surface area (Å²) in [6, 6.07) is 0. The normalized spacial score (nSPS) is 39.5. The van der Waals surface area contributed by atoms with Crippen molar-refractivity contribution in [1.29, 1.82) is 0 Å². The first-order chi connectivity index (χ1) is 11.7. The molecule has 2 aliphatic carbocycles. The minimum atomic E-state index is -1.34. The summed E-state index contributed by atoms with van der Waals surface area (Å²) in [6.07, 6.45) is 4.71. The van der Waals surface area contributed by atoms with Gasteiger partial charge in [-0.15, -0.1) is 0 Å². The van der Waals surface area contributed by atoms with Crippen LogP contribution >= 0.6 is 0 Å². The number of morpholine rings is 1. The highest BCUT2D eigenvalue weighted by Crippen LogP contribution is 2.55. The van der Waals surface area contributed by atoms with Gasteiger partial charge in [0.25, 0.3) is 0 Å². The van der Waals surface area contributed by atoms with Gasteiger partial charge < -0.3 is 15.1 Å². The smallest absolute Gasteiger partial charge is 0.235 e. The van der Waals surface area contributed by atoms with Crippen molar-refractivity contribution < 1.29 is 19.2 Å². The largest absolute Gasteiger partial charge is 0.622 e. The lowest BCUT2D eigenvalue weighted by Gasteiger charge is -2.47. The second-order valence-electron chi connectivity index (χ2n) is 7.34. The standard InChI is InChI=1S/C16H22N4O4/c21-16-12-3-1-2-6-15(12,19-7-9-23-10-8-19)20(22)13(16)5-4-11-14(16)18-24-17-11/h12,21H,1-10H2/t12-,15-,16+/m1/s1. The summed E-state index contributed by atoms with van der Waals surface area (Å²) in [7, 11) is 0. The van der Waals surface area contributed by atoms with Crippen LogP contribution in [0.3, 0.4) is 0 Å². The fourth-order valence-electron chi connectivity index (χ4n) is 5.46. The van der Waals surface area contributed by atoms with Crippen LogP contribution in [0.1, 0.15) is 43.5 Å². The van der Waals surface area contributed by atoms with Gasteiger partial charge in [-0.05, 0) is 12.8 Å². The summed E-state index contributed by atoms with van der Waals surface area (Å²) in [5.74, 6) is -0.199. The predicted molar refractivity (Wildman–Crippen MR) is 82.2 cm³/mol. The highest BCUT2D eigenvalue weighted by atomic mass is 16.6. The fourth-order valence-corrected chi connectivity index (χ4v) is 5.46. The molecule has 3 atom stereocenters. The molecule has 8 nitrogen and oxygen atoms in total. The van der Waals surface area contributed by atoms with Crippen LogP contribution in [0, 0.1) is 11.1 Å². The zero-order valence-corrected chi connectivity index (χ0v) is 13.6. The molecule has 3 heterocycles. The number of hydrogen-bond donors (Lipinski definition) is 1. The molecule has 0 unspecified atom stereocenters. The van der Waals surface area contributed by atoms with Crippen LogP contribution in [-0.4, -0.2) is 62.7 Å². The van der Waals surface area contributed by atoms with Gasteiger partial charge in [0, 0.05) is 32.4 Å². The summed E-state index contributed by atoms with van der Waals surface area (Å²) in [4.78, 5) is 2.24. The molecule has 1 saturated heterocycles. The van der Waals surface area contributed by atoms with Crippen molar-refractivity contribution in [2.45, 2.75) is 49.8 Å². The van der Waals surface area contributed by atoms with Crippen LogP contribution in [0.15, 0.2) is 4.63 Å². The lowest BCUT2D eigenvalue weighted by molar-refractivity contribution is -0.591. The highest BCUT2D eigenvalue weighted by Gasteiger charge is 2.72. The van der Waals surface area contributed by atoms with Crippen molar-refractivity contribution in [2.24, 2.45) is 5.92 Å². The number of rotatable bonds is 1. The van der Waals surface area contributed by atoms with Gasteiger partial charge in [-0.2, -0.15) is 4.74 Å². The summed E-state index contributed by atoms with van der Waals surface area (Å²) in [6.45, 7) is 2.71. The Kier molecular flexibility index (Phi) is 3.08. The van der Waals surface area contributed by atoms with Crippen LogP contribution in [0.25, 0.3) is 0 Å². The van der Waals surface area contributed by atoms with E-state index in [0.29, 0.717) is 43.2 Å². The summed E-state index contributed by atoms with van der Waals surface area (Å²) in [5.41, 5.74) is -0.325. The Bertz CT molecular complexity index is 698. The molecule has 0 radical (unpaired) electrons. The molecule has 0 spiro atoms. The molecule has 8 heteroatoms. The quantitative estimate of drug-likeness (QED) is 0.586. The molecular weight excluding hydrogens is 312 g/mol. The lowest BCUT2D eigenvalue weighted by Crippen LogP contribution is -2.63. The molecule has 5 rings (SSSR count). The van der Waals surface area contributed by atoms with Gasteiger partial charge in [0.2, 0.25) is 17.0 Å². The molecular formula is C16H22N4O4. The van der Waals surface area contributed by atoms with E-state index in [2.05, 4.69) is 15.2 Å². The van der Waals surface area contributed by atoms with Crippen molar-refractivity contribution in [3.63, 3.8) is 0 Å². The molecule has 1 saturated carbocycles. The van der Waals surface area contributed by atoms with E-state index in [1.165, 1.54) is 0 Å². The van der Waals surface area contributed by atoms with Crippen LogP contribution < -0.4 is 0 Å². The highest BCUT2D eigenvalue weighted by molar-refractivity contribution is 5.92. The van der Waals surface area contributed by atoms with E-state index in [9.17, 15) is 10.3 Å². The second-order valence-corrected chi connectivity index (χ2v) is 7.34. The first kappa shape index (κ1) is 14.8. The number of hydroxylamine groups is 1. The first-order valence-electron chi connectivity index (χ1n) is 8.90. The van der Waals surface area contributed by atoms with Gasteiger partial charge in [-0.25, -0.2) is 9.53 Å². The third kappa shape index (κ3) is 1.61. The lowest BCUT2D eigenvalue weighted by atomic mass is 9.66. The van der Waals surface area contributed by atoms with E-state index >= 15 is 0 Å². The van der Waals surface area contributed by atoms with Gasteiger partial charge in [0.15, 0.2) is 5.69 Å². The van der Waals surface area contributed by atoms with Crippen molar-refractivity contribution in [2.75, 3.05) is 26.3 Å². The minimum absolute atomic E-state index is 0.199. The van der Waals surface area contributed by atoms with Crippen LogP contribution in [0.2, 0.25) is 0 Å². The van der Waals surface area contributed by atoms with Crippen molar-refractivity contribution >= 4 is 5.71 Å². The van der Waals surface area contributed by atoms with E-state index in [4.69, 9.17) is 9.37 Å². The number of nitrogens with zero attached hydrogens (tertiary/aromatic N) is 4. The number of aliphatic hydroxyl groups is 1. The van der Waals surface area contributed by atoms with Gasteiger partial charge in [-0.3, -0.25) is 0 Å². The molecule has 0 amide bonds. The molecule has 24 heavy (non-hydrogen) atoms. The molecule has 0 aromatic carbocycles. The minimum Gasteiger partial charge on any atom is -0.622 e. The topological polar surface area (TPSA) is 97.7 Å². The third-order valence-corrected chi connectivity index (χ3v) is 6.46. The fraction of sp³-hybridized carbons (Fsp3) is 0.812. The maximum atomic E-state index is 13.5. The van der Waals surface area contributed by atoms with E-state index in [-0.39, 0.29) is 5.92 Å². The summed E-state index contributed by atoms with van der Waals surface area (Å²) in [5, 5.41) is 33.2. The van der Waals surface area contributed by atoms with Crippen LogP contribution in [-0.2, 0) is 16.8 Å². The molecule has 1 aromatic heterocycles. The molecule has 4 aliphatic rings. The van der Waals surface area contributed by atoms with Crippen LogP contribution in [0.4, 0.5) is 0 Å². The third-order valence-electron chi connectivity index (χ3n) is 6.46. The second kappa shape index (κ2) is 5.00. The molecule has 1 N–H and O–H groups in total. The Morgan fingerprint density at radius 3 is 2.88 bits per heavy atom. The maximum absolute atomic E-state index is 13.5. The molecule has 2 aliphatic heterocycles. The van der Waals surface area contributed by atoms with Gasteiger partial charge >= 0.3 is 0 Å². The number of fused-ring (bicyclic) bond motifs is 5. The molecule has 1 aromatic rings. The van der Waals surface area contributed by atoms with E-state index in [1.54, 1.807) is 0 Å². The number of ether oxygens (including phenoxy) is 1. The van der Waals surface area contributed by atoms with Crippen molar-refractivity contribution in [3.05, 3.63) is 16.6 Å². The zero-order valence-electron chi connectivity index (χ0n) is 13.6. The van der Waals surface area contributed by atoms with E-state index in [0.717, 1.165) is 43.5 Å². The van der Waals surface area contributed by atoms with Crippen LogP contribution in [0.5, 0.6) is 0 Å². The Balaban J connectivity index is 1.69. The SMILES string of the molecule is [O-][N+]1=C2CCc3nonc3[C@]2(O)[C@@H]2CCCC[C@]21N1CCOCC1. The Morgan fingerprint density at radius 1 is 1.21 bits per heavy atom. The summed E-state index contributed by atoms with van der Waals surface area (Å²) < 4.78 is 11.5. The molecule has 2 fully saturated rings. The van der Waals surface area contributed by atoms with Crippen molar-refractivity contribution in [3.8, 4) is 0 Å². The Labute approximate surface area is 139 Å². The van der Waals surface area contributed by atoms with E-state index in [1.807, 2.05) is 0 Å². The maximum Gasteiger partial charge on any atom is 0.235 e. The summed E-state index contributed by atoms with van der Waals surface area (Å²) >= 11 is 0. The zero-order chi connectivity index (χ0) is 16.4. The predicted octanol–water partition coefficient (Wildman–Crippen LogP) is 0.387. The number of aromatic nitrogens is 2. The average Bonchev–Trinajstić information content (AvgIpc) is 3.18. The monoisotopic (exact) mass is 334 g/mol. The molecule has 130 valence electrons.